The normalized spacial score (nSPS) is 21.2. The quantitative estimate of drug-likeness (QED) is 0.829. The second-order valence-electron chi connectivity index (χ2n) is 5.46. The van der Waals surface area contributed by atoms with E-state index in [0.717, 1.165) is 17.3 Å². The minimum absolute atomic E-state index is 0.134. The Kier molecular flexibility index (Phi) is 5.83. The Morgan fingerprint density at radius 2 is 2.09 bits per heavy atom. The van der Waals surface area contributed by atoms with Crippen molar-refractivity contribution in [3.8, 4) is 5.75 Å². The molecule has 0 saturated heterocycles. The zero-order valence-corrected chi connectivity index (χ0v) is 14.1. The van der Waals surface area contributed by atoms with Gasteiger partial charge in [-0.3, -0.25) is 9.59 Å². The number of benzene rings is 1. The van der Waals surface area contributed by atoms with Gasteiger partial charge in [0.15, 0.2) is 0 Å². The van der Waals surface area contributed by atoms with Crippen LogP contribution < -0.4 is 10.1 Å². The molecule has 22 heavy (non-hydrogen) atoms. The predicted octanol–water partition coefficient (Wildman–Crippen LogP) is 3.68. The van der Waals surface area contributed by atoms with Gasteiger partial charge in [0, 0.05) is 10.4 Å². The molecule has 1 saturated carbocycles. The van der Waals surface area contributed by atoms with Gasteiger partial charge >= 0.3 is 5.97 Å². The maximum absolute atomic E-state index is 12.4. The van der Waals surface area contributed by atoms with E-state index >= 15 is 0 Å². The third-order valence-electron chi connectivity index (χ3n) is 3.89. The number of anilines is 1. The van der Waals surface area contributed by atoms with Crippen molar-refractivity contribution in [2.75, 3.05) is 11.9 Å². The van der Waals surface area contributed by atoms with E-state index in [1.165, 1.54) is 0 Å². The van der Waals surface area contributed by atoms with Crippen molar-refractivity contribution in [1.82, 2.24) is 0 Å². The molecule has 0 radical (unpaired) electrons. The number of halogens is 1. The third-order valence-corrected chi connectivity index (χ3v) is 4.39. The summed E-state index contributed by atoms with van der Waals surface area (Å²) in [6.07, 6.45) is 2.55. The second-order valence-corrected chi connectivity index (χ2v) is 6.38. The zero-order chi connectivity index (χ0) is 16.1. The molecule has 1 aromatic carbocycles. The Morgan fingerprint density at radius 1 is 1.36 bits per heavy atom. The maximum atomic E-state index is 12.4. The summed E-state index contributed by atoms with van der Waals surface area (Å²) in [6, 6.07) is 5.44. The number of hydrogen-bond donors (Lipinski definition) is 2. The van der Waals surface area contributed by atoms with Crippen LogP contribution in [0.5, 0.6) is 5.75 Å². The molecule has 1 aliphatic rings. The Balaban J connectivity index is 2.08. The minimum Gasteiger partial charge on any atom is -0.492 e. The first-order valence-corrected chi connectivity index (χ1v) is 8.26. The van der Waals surface area contributed by atoms with Crippen molar-refractivity contribution in [2.24, 2.45) is 11.8 Å². The number of carbonyl (C=O) groups is 2. The summed E-state index contributed by atoms with van der Waals surface area (Å²) in [5, 5.41) is 12.0. The number of carboxylic acid groups (broad SMARTS) is 1. The molecule has 0 spiro atoms. The Hall–Kier alpha value is -1.56. The van der Waals surface area contributed by atoms with Gasteiger partial charge in [-0.05, 0) is 44.4 Å². The smallest absolute Gasteiger partial charge is 0.306 e. The number of carboxylic acids is 1. The van der Waals surface area contributed by atoms with E-state index in [4.69, 9.17) is 9.84 Å². The molecule has 1 amide bonds. The number of nitrogens with one attached hydrogen (secondary N) is 1. The van der Waals surface area contributed by atoms with Gasteiger partial charge in [0.25, 0.3) is 0 Å². The fourth-order valence-electron chi connectivity index (χ4n) is 2.77. The van der Waals surface area contributed by atoms with Crippen LogP contribution in [0.1, 0.15) is 32.6 Å². The van der Waals surface area contributed by atoms with Crippen LogP contribution in [0, 0.1) is 11.8 Å². The highest BCUT2D eigenvalue weighted by molar-refractivity contribution is 9.10. The molecular formula is C16H20BrNO4. The van der Waals surface area contributed by atoms with E-state index in [9.17, 15) is 9.59 Å². The Labute approximate surface area is 138 Å². The first-order valence-electron chi connectivity index (χ1n) is 7.47. The van der Waals surface area contributed by atoms with Crippen LogP contribution in [-0.4, -0.2) is 23.6 Å². The van der Waals surface area contributed by atoms with Crippen LogP contribution in [0.15, 0.2) is 22.7 Å². The van der Waals surface area contributed by atoms with E-state index in [0.29, 0.717) is 30.9 Å². The highest BCUT2D eigenvalue weighted by atomic mass is 79.9. The van der Waals surface area contributed by atoms with Gasteiger partial charge in [0.1, 0.15) is 5.75 Å². The summed E-state index contributed by atoms with van der Waals surface area (Å²) in [5.74, 6) is -1.01. The molecule has 5 nitrogen and oxygen atoms in total. The average Bonchev–Trinajstić information content (AvgIpc) is 2.50. The van der Waals surface area contributed by atoms with Gasteiger partial charge in [-0.1, -0.05) is 22.4 Å². The molecule has 2 atom stereocenters. The standard InChI is InChI=1S/C16H20BrNO4/c1-2-22-14-7-6-12(17)9-13(14)18-15(19)10-4-3-5-11(8-10)16(20)21/h6-7,9-11H,2-5,8H2,1H3,(H,18,19)(H,20,21). The van der Waals surface area contributed by atoms with Crippen LogP contribution in [-0.2, 0) is 9.59 Å². The molecule has 1 aliphatic carbocycles. The van der Waals surface area contributed by atoms with E-state index < -0.39 is 11.9 Å². The van der Waals surface area contributed by atoms with Gasteiger partial charge in [-0.2, -0.15) is 0 Å². The fraction of sp³-hybridized carbons (Fsp3) is 0.500. The highest BCUT2D eigenvalue weighted by Crippen LogP contribution is 2.32. The van der Waals surface area contributed by atoms with Gasteiger partial charge in [0.05, 0.1) is 18.2 Å². The van der Waals surface area contributed by atoms with Gasteiger partial charge in [0.2, 0.25) is 5.91 Å². The molecule has 2 rings (SSSR count). The number of hydrogen-bond acceptors (Lipinski definition) is 3. The highest BCUT2D eigenvalue weighted by Gasteiger charge is 2.31. The molecule has 2 unspecified atom stereocenters. The molecule has 0 bridgehead atoms. The monoisotopic (exact) mass is 369 g/mol. The first-order chi connectivity index (χ1) is 10.5. The van der Waals surface area contributed by atoms with Crippen molar-refractivity contribution < 1.29 is 19.4 Å². The molecule has 0 aliphatic heterocycles. The lowest BCUT2D eigenvalue weighted by atomic mass is 9.81. The summed E-state index contributed by atoms with van der Waals surface area (Å²) in [6.45, 7) is 2.39. The minimum atomic E-state index is -0.810. The van der Waals surface area contributed by atoms with E-state index in [-0.39, 0.29) is 11.8 Å². The number of carbonyl (C=O) groups excluding carboxylic acids is 1. The predicted molar refractivity (Wildman–Crippen MR) is 87.0 cm³/mol. The summed E-state index contributed by atoms with van der Waals surface area (Å²) >= 11 is 3.38. The van der Waals surface area contributed by atoms with Crippen molar-refractivity contribution in [3.05, 3.63) is 22.7 Å². The number of aliphatic carboxylic acids is 1. The molecule has 0 heterocycles. The van der Waals surface area contributed by atoms with Crippen LogP contribution in [0.3, 0.4) is 0 Å². The molecule has 1 fully saturated rings. The Bertz CT molecular complexity index is 561. The lowest BCUT2D eigenvalue weighted by molar-refractivity contribution is -0.143. The van der Waals surface area contributed by atoms with Crippen molar-refractivity contribution >= 4 is 33.5 Å². The lowest BCUT2D eigenvalue weighted by Crippen LogP contribution is -2.31. The van der Waals surface area contributed by atoms with Crippen LogP contribution in [0.2, 0.25) is 0 Å². The fourth-order valence-corrected chi connectivity index (χ4v) is 3.13. The summed E-state index contributed by atoms with van der Waals surface area (Å²) in [7, 11) is 0. The second kappa shape index (κ2) is 7.63. The van der Waals surface area contributed by atoms with Crippen LogP contribution >= 0.6 is 15.9 Å². The van der Waals surface area contributed by atoms with Crippen molar-refractivity contribution in [2.45, 2.75) is 32.6 Å². The van der Waals surface area contributed by atoms with Gasteiger partial charge < -0.3 is 15.2 Å². The topological polar surface area (TPSA) is 75.6 Å². The molecule has 6 heteroatoms. The van der Waals surface area contributed by atoms with Crippen LogP contribution in [0.4, 0.5) is 5.69 Å². The molecule has 0 aromatic heterocycles. The number of amides is 1. The number of ether oxygens (including phenoxy) is 1. The zero-order valence-electron chi connectivity index (χ0n) is 12.5. The molecule has 1 aromatic rings. The number of rotatable bonds is 5. The van der Waals surface area contributed by atoms with E-state index in [2.05, 4.69) is 21.2 Å². The summed E-state index contributed by atoms with van der Waals surface area (Å²) < 4.78 is 6.36. The Morgan fingerprint density at radius 3 is 2.77 bits per heavy atom. The maximum Gasteiger partial charge on any atom is 0.306 e. The largest absolute Gasteiger partial charge is 0.492 e. The summed E-state index contributed by atoms with van der Waals surface area (Å²) in [5.41, 5.74) is 0.610. The average molecular weight is 370 g/mol. The van der Waals surface area contributed by atoms with Gasteiger partial charge in [-0.15, -0.1) is 0 Å². The van der Waals surface area contributed by atoms with Crippen molar-refractivity contribution in [1.29, 1.82) is 0 Å². The molecule has 2 N–H and O–H groups in total. The van der Waals surface area contributed by atoms with E-state index in [1.807, 2.05) is 13.0 Å². The summed E-state index contributed by atoms with van der Waals surface area (Å²) in [4.78, 5) is 23.5. The SMILES string of the molecule is CCOc1ccc(Br)cc1NC(=O)C1CCCC(C(=O)O)C1. The van der Waals surface area contributed by atoms with Gasteiger partial charge in [-0.25, -0.2) is 0 Å². The van der Waals surface area contributed by atoms with E-state index in [1.54, 1.807) is 12.1 Å². The third kappa shape index (κ3) is 4.22. The van der Waals surface area contributed by atoms with Crippen molar-refractivity contribution in [3.63, 3.8) is 0 Å². The molecule has 120 valence electrons. The lowest BCUT2D eigenvalue weighted by Gasteiger charge is -2.26. The van der Waals surface area contributed by atoms with Crippen LogP contribution in [0.25, 0.3) is 0 Å². The first kappa shape index (κ1) is 16.8. The molecular weight excluding hydrogens is 350 g/mol.